The minimum Gasteiger partial charge on any atom is -0.495 e. The molecule has 3 rings (SSSR count). The lowest BCUT2D eigenvalue weighted by Gasteiger charge is -2.30. The molecule has 1 aliphatic carbocycles. The fourth-order valence-electron chi connectivity index (χ4n) is 3.76. The normalized spacial score (nSPS) is 18.2. The predicted octanol–water partition coefficient (Wildman–Crippen LogP) is 2.94. The van der Waals surface area contributed by atoms with Crippen molar-refractivity contribution >= 4 is 35.1 Å². The first-order valence-corrected chi connectivity index (χ1v) is 9.63. The first-order chi connectivity index (χ1) is 13.4. The summed E-state index contributed by atoms with van der Waals surface area (Å²) < 4.78 is 10.4. The maximum absolute atomic E-state index is 12.7. The summed E-state index contributed by atoms with van der Waals surface area (Å²) in [5, 5.41) is 5.87. The number of benzene rings is 1. The van der Waals surface area contributed by atoms with Gasteiger partial charge in [0, 0.05) is 19.0 Å². The van der Waals surface area contributed by atoms with Crippen LogP contribution in [0.1, 0.15) is 38.5 Å². The zero-order valence-corrected chi connectivity index (χ0v) is 16.7. The summed E-state index contributed by atoms with van der Waals surface area (Å²) in [5.74, 6) is 0.235. The maximum Gasteiger partial charge on any atom is 0.325 e. The van der Waals surface area contributed by atoms with Gasteiger partial charge in [-0.2, -0.15) is 0 Å². The van der Waals surface area contributed by atoms with Crippen LogP contribution in [0.15, 0.2) is 12.1 Å². The van der Waals surface area contributed by atoms with Crippen molar-refractivity contribution in [1.82, 2.24) is 10.2 Å². The molecule has 9 heteroatoms. The van der Waals surface area contributed by atoms with Crippen LogP contribution in [0.3, 0.4) is 0 Å². The topological polar surface area (TPSA) is 97.0 Å². The molecule has 2 N–H and O–H groups in total. The van der Waals surface area contributed by atoms with Crippen molar-refractivity contribution in [2.24, 2.45) is 0 Å². The van der Waals surface area contributed by atoms with Gasteiger partial charge in [0.05, 0.1) is 24.9 Å². The van der Waals surface area contributed by atoms with Gasteiger partial charge in [-0.3, -0.25) is 14.5 Å². The molecule has 0 bridgehead atoms. The number of carbonyl (C=O) groups is 3. The van der Waals surface area contributed by atoms with E-state index in [1.807, 2.05) is 0 Å². The third-order valence-electron chi connectivity index (χ3n) is 5.26. The van der Waals surface area contributed by atoms with Crippen molar-refractivity contribution in [3.63, 3.8) is 0 Å². The molecule has 1 aliphatic heterocycles. The molecule has 0 unspecified atom stereocenters. The van der Waals surface area contributed by atoms with Gasteiger partial charge in [-0.1, -0.05) is 30.9 Å². The summed E-state index contributed by atoms with van der Waals surface area (Å²) in [5.41, 5.74) is -0.391. The second-order valence-electron chi connectivity index (χ2n) is 7.01. The molecular formula is C19H24ClN3O5. The van der Waals surface area contributed by atoms with E-state index < -0.39 is 11.6 Å². The van der Waals surface area contributed by atoms with Crippen LogP contribution in [0.2, 0.25) is 5.02 Å². The van der Waals surface area contributed by atoms with Crippen LogP contribution in [0.5, 0.6) is 11.5 Å². The Morgan fingerprint density at radius 2 is 1.86 bits per heavy atom. The number of nitrogens with one attached hydrogen (secondary N) is 2. The number of carbonyl (C=O) groups excluding carboxylic acids is 3. The number of urea groups is 1. The molecule has 0 aromatic heterocycles. The number of anilines is 1. The van der Waals surface area contributed by atoms with Crippen LogP contribution in [0, 0.1) is 0 Å². The lowest BCUT2D eigenvalue weighted by Crippen LogP contribution is -2.48. The van der Waals surface area contributed by atoms with Gasteiger partial charge in [0.1, 0.15) is 17.0 Å². The van der Waals surface area contributed by atoms with E-state index in [9.17, 15) is 14.4 Å². The van der Waals surface area contributed by atoms with Crippen LogP contribution >= 0.6 is 11.6 Å². The second kappa shape index (κ2) is 8.26. The van der Waals surface area contributed by atoms with Gasteiger partial charge >= 0.3 is 6.03 Å². The predicted molar refractivity (Wildman–Crippen MR) is 104 cm³/mol. The van der Waals surface area contributed by atoms with Gasteiger partial charge in [0.15, 0.2) is 0 Å². The zero-order chi connectivity index (χ0) is 20.3. The molecule has 1 heterocycles. The Hall–Kier alpha value is -2.48. The number of nitrogens with zero attached hydrogens (tertiary/aromatic N) is 1. The number of imide groups is 1. The van der Waals surface area contributed by atoms with Gasteiger partial charge in [0.25, 0.3) is 5.91 Å². The number of rotatable bonds is 6. The Balaban J connectivity index is 1.62. The van der Waals surface area contributed by atoms with Gasteiger partial charge in [0.2, 0.25) is 5.91 Å². The summed E-state index contributed by atoms with van der Waals surface area (Å²) in [6.45, 7) is 0.0183. The minimum atomic E-state index is -0.779. The van der Waals surface area contributed by atoms with E-state index in [0.29, 0.717) is 35.1 Å². The first-order valence-electron chi connectivity index (χ1n) is 9.25. The average molecular weight is 410 g/mol. The Kier molecular flexibility index (Phi) is 5.98. The monoisotopic (exact) mass is 409 g/mol. The van der Waals surface area contributed by atoms with E-state index in [-0.39, 0.29) is 24.8 Å². The summed E-state index contributed by atoms with van der Waals surface area (Å²) in [6.07, 6.45) is 4.18. The summed E-state index contributed by atoms with van der Waals surface area (Å²) in [4.78, 5) is 38.5. The van der Waals surface area contributed by atoms with Crippen LogP contribution in [0.25, 0.3) is 0 Å². The highest BCUT2D eigenvalue weighted by molar-refractivity contribution is 6.32. The fraction of sp³-hybridized carbons (Fsp3) is 0.526. The highest BCUT2D eigenvalue weighted by Gasteiger charge is 2.51. The van der Waals surface area contributed by atoms with Crippen molar-refractivity contribution in [1.29, 1.82) is 0 Å². The van der Waals surface area contributed by atoms with E-state index >= 15 is 0 Å². The molecule has 8 nitrogen and oxygen atoms in total. The van der Waals surface area contributed by atoms with Gasteiger partial charge < -0.3 is 20.1 Å². The van der Waals surface area contributed by atoms with Crippen molar-refractivity contribution in [3.8, 4) is 11.5 Å². The first kappa shape index (κ1) is 20.3. The van der Waals surface area contributed by atoms with Crippen molar-refractivity contribution < 1.29 is 23.9 Å². The molecule has 1 saturated carbocycles. The van der Waals surface area contributed by atoms with Gasteiger partial charge in [-0.05, 0) is 18.9 Å². The van der Waals surface area contributed by atoms with E-state index in [4.69, 9.17) is 21.1 Å². The quantitative estimate of drug-likeness (QED) is 0.704. The van der Waals surface area contributed by atoms with Gasteiger partial charge in [-0.25, -0.2) is 4.79 Å². The SMILES string of the molecule is COc1cc(OC)c(NC(=O)CCN2C(=O)NC3(CCCCC3)C2=O)cc1Cl. The summed E-state index contributed by atoms with van der Waals surface area (Å²) in [6, 6.07) is 2.68. The highest BCUT2D eigenvalue weighted by Crippen LogP contribution is 2.36. The van der Waals surface area contributed by atoms with E-state index in [0.717, 1.165) is 24.2 Å². The molecule has 0 atom stereocenters. The highest BCUT2D eigenvalue weighted by atomic mass is 35.5. The number of ether oxygens (including phenoxy) is 2. The molecule has 1 spiro atoms. The molecule has 1 saturated heterocycles. The molecule has 1 aromatic carbocycles. The van der Waals surface area contributed by atoms with Crippen molar-refractivity contribution in [2.45, 2.75) is 44.1 Å². The third-order valence-corrected chi connectivity index (χ3v) is 5.56. The van der Waals surface area contributed by atoms with Crippen LogP contribution in [-0.4, -0.2) is 49.0 Å². The Labute approximate surface area is 168 Å². The molecule has 2 aliphatic rings. The van der Waals surface area contributed by atoms with E-state index in [1.54, 1.807) is 6.07 Å². The number of amides is 4. The molecule has 4 amide bonds. The molecule has 28 heavy (non-hydrogen) atoms. The zero-order valence-electron chi connectivity index (χ0n) is 16.0. The summed E-state index contributed by atoms with van der Waals surface area (Å²) in [7, 11) is 2.95. The van der Waals surface area contributed by atoms with Crippen LogP contribution in [0.4, 0.5) is 10.5 Å². The standard InChI is InChI=1S/C19H24ClN3O5/c1-27-14-11-15(28-2)13(10-12(14)20)21-16(24)6-9-23-17(25)19(22-18(23)26)7-4-3-5-8-19/h10-11H,3-9H2,1-2H3,(H,21,24)(H,22,26). The van der Waals surface area contributed by atoms with E-state index in [1.165, 1.54) is 20.3 Å². The number of methoxy groups -OCH3 is 2. The number of hydrogen-bond donors (Lipinski definition) is 2. The Morgan fingerprint density at radius 1 is 1.18 bits per heavy atom. The van der Waals surface area contributed by atoms with Crippen LogP contribution in [-0.2, 0) is 9.59 Å². The smallest absolute Gasteiger partial charge is 0.325 e. The third kappa shape index (κ3) is 3.87. The minimum absolute atomic E-state index is 0.0183. The fourth-order valence-corrected chi connectivity index (χ4v) is 4.00. The molecule has 1 aromatic rings. The summed E-state index contributed by atoms with van der Waals surface area (Å²) >= 11 is 6.11. The van der Waals surface area contributed by atoms with Crippen LogP contribution < -0.4 is 20.1 Å². The second-order valence-corrected chi connectivity index (χ2v) is 7.42. The van der Waals surface area contributed by atoms with Gasteiger partial charge in [-0.15, -0.1) is 0 Å². The average Bonchev–Trinajstić information content (AvgIpc) is 2.90. The lowest BCUT2D eigenvalue weighted by molar-refractivity contribution is -0.132. The molecular weight excluding hydrogens is 386 g/mol. The Bertz CT molecular complexity index is 792. The number of halogens is 1. The van der Waals surface area contributed by atoms with E-state index in [2.05, 4.69) is 10.6 Å². The Morgan fingerprint density at radius 3 is 2.50 bits per heavy atom. The van der Waals surface area contributed by atoms with Crippen molar-refractivity contribution in [3.05, 3.63) is 17.2 Å². The molecule has 0 radical (unpaired) electrons. The van der Waals surface area contributed by atoms with Crippen molar-refractivity contribution in [2.75, 3.05) is 26.1 Å². The molecule has 2 fully saturated rings. The number of hydrogen-bond acceptors (Lipinski definition) is 5. The molecule has 152 valence electrons. The lowest BCUT2D eigenvalue weighted by atomic mass is 9.82. The maximum atomic E-state index is 12.7. The largest absolute Gasteiger partial charge is 0.495 e.